The van der Waals surface area contributed by atoms with Crippen LogP contribution in [0.4, 0.5) is 0 Å². The van der Waals surface area contributed by atoms with E-state index in [2.05, 4.69) is 6.92 Å². The average Bonchev–Trinajstić information content (AvgIpc) is 2.35. The van der Waals surface area contributed by atoms with Crippen molar-refractivity contribution >= 4 is 0 Å². The van der Waals surface area contributed by atoms with Gasteiger partial charge in [-0.1, -0.05) is 58.3 Å². The lowest BCUT2D eigenvalue weighted by atomic mass is 10.0. The van der Waals surface area contributed by atoms with Crippen molar-refractivity contribution in [1.82, 2.24) is 0 Å². The molecule has 1 aliphatic rings. The molecule has 3 N–H and O–H groups in total. The molecule has 3 heteroatoms. The number of hydrogen-bond acceptors (Lipinski definition) is 3. The molecule has 0 aliphatic heterocycles. The van der Waals surface area contributed by atoms with Crippen molar-refractivity contribution in [1.29, 1.82) is 0 Å². The van der Waals surface area contributed by atoms with Crippen LogP contribution in [0.25, 0.3) is 0 Å². The Labute approximate surface area is 101 Å². The predicted molar refractivity (Wildman–Crippen MR) is 68.2 cm³/mol. The van der Waals surface area contributed by atoms with E-state index in [1.54, 1.807) is 0 Å². The van der Waals surface area contributed by atoms with E-state index >= 15 is 0 Å². The van der Waals surface area contributed by atoms with E-state index in [-0.39, 0.29) is 0 Å². The van der Waals surface area contributed by atoms with Crippen molar-refractivity contribution in [3.05, 3.63) is 0 Å². The molecule has 0 aromatic heterocycles. The van der Waals surface area contributed by atoms with E-state index in [9.17, 15) is 0 Å². The van der Waals surface area contributed by atoms with Gasteiger partial charge >= 0.3 is 0 Å². The van der Waals surface area contributed by atoms with Gasteiger partial charge in [-0.25, -0.2) is 0 Å². The molecule has 100 valence electrons. The van der Waals surface area contributed by atoms with E-state index in [4.69, 9.17) is 15.3 Å². The smallest absolute Gasteiger partial charge is 0.151 e. The second-order valence-electron chi connectivity index (χ2n) is 4.10. The minimum atomic E-state index is -1.10. The zero-order valence-corrected chi connectivity index (χ0v) is 11.0. The summed E-state index contributed by atoms with van der Waals surface area (Å²) in [6, 6.07) is 0. The molecule has 0 aromatic carbocycles. The molecule has 0 aromatic rings. The number of rotatable bonds is 4. The first-order chi connectivity index (χ1) is 7.77. The largest absolute Gasteiger partial charge is 0.400 e. The lowest BCUT2D eigenvalue weighted by Crippen LogP contribution is -2.02. The predicted octanol–water partition coefficient (Wildman–Crippen LogP) is 2.83. The van der Waals surface area contributed by atoms with Gasteiger partial charge in [-0.05, 0) is 12.8 Å². The highest BCUT2D eigenvalue weighted by Crippen LogP contribution is 2.15. The maximum Gasteiger partial charge on any atom is 0.151 e. The number of aliphatic hydroxyl groups excluding tert-OH is 2. The van der Waals surface area contributed by atoms with Crippen molar-refractivity contribution in [2.45, 2.75) is 77.4 Å². The van der Waals surface area contributed by atoms with Crippen LogP contribution in [0.3, 0.4) is 0 Å². The summed E-state index contributed by atoms with van der Waals surface area (Å²) in [6.45, 7) is 2.09. The third-order valence-corrected chi connectivity index (χ3v) is 2.57. The maximum atomic E-state index is 8.33. The zero-order chi connectivity index (χ0) is 12.6. The van der Waals surface area contributed by atoms with Gasteiger partial charge in [0.15, 0.2) is 6.29 Å². The Hall–Kier alpha value is -0.120. The van der Waals surface area contributed by atoms with Crippen LogP contribution in [-0.4, -0.2) is 28.7 Å². The average molecular weight is 234 g/mol. The van der Waals surface area contributed by atoms with Crippen molar-refractivity contribution < 1.29 is 15.3 Å². The van der Waals surface area contributed by atoms with Crippen molar-refractivity contribution in [3.63, 3.8) is 0 Å². The van der Waals surface area contributed by atoms with Crippen LogP contribution in [0.15, 0.2) is 0 Å². The summed E-state index contributed by atoms with van der Waals surface area (Å²) in [4.78, 5) is 0. The second-order valence-corrected chi connectivity index (χ2v) is 4.10. The Morgan fingerprint density at radius 1 is 0.812 bits per heavy atom. The molecule has 1 rings (SSSR count). The highest BCUT2D eigenvalue weighted by atomic mass is 16.5. The molecule has 1 saturated carbocycles. The van der Waals surface area contributed by atoms with Gasteiger partial charge in [-0.15, -0.1) is 0 Å². The molecular weight excluding hydrogens is 204 g/mol. The monoisotopic (exact) mass is 234 g/mol. The van der Waals surface area contributed by atoms with Crippen LogP contribution in [0.5, 0.6) is 0 Å². The summed E-state index contributed by atoms with van der Waals surface area (Å²) in [7, 11) is 1.00. The van der Waals surface area contributed by atoms with E-state index < -0.39 is 6.29 Å². The third kappa shape index (κ3) is 19.5. The van der Waals surface area contributed by atoms with Gasteiger partial charge in [0.1, 0.15) is 0 Å². The van der Waals surface area contributed by atoms with Crippen molar-refractivity contribution in [2.75, 3.05) is 7.11 Å². The summed E-state index contributed by atoms with van der Waals surface area (Å²) in [6.07, 6.45) is 11.6. The van der Waals surface area contributed by atoms with Gasteiger partial charge in [0.05, 0.1) is 0 Å². The van der Waals surface area contributed by atoms with Crippen molar-refractivity contribution in [2.24, 2.45) is 0 Å². The highest BCUT2D eigenvalue weighted by molar-refractivity contribution is 4.51. The first-order valence-electron chi connectivity index (χ1n) is 6.58. The third-order valence-electron chi connectivity index (χ3n) is 2.57. The Bertz CT molecular complexity index is 89.8. The fourth-order valence-corrected chi connectivity index (χ4v) is 1.64. The first-order valence-corrected chi connectivity index (χ1v) is 6.58. The van der Waals surface area contributed by atoms with Gasteiger partial charge in [0, 0.05) is 7.11 Å². The van der Waals surface area contributed by atoms with Gasteiger partial charge in [0.2, 0.25) is 0 Å². The van der Waals surface area contributed by atoms with Gasteiger partial charge in [-0.3, -0.25) is 0 Å². The standard InChI is InChI=1S/C6H14O2.C6H12.CH4O/c1-2-3-4-5-6(7)8;1-2-4-6-5-3-1;1-2/h6-8H,2-5H2,1H3;1-6H2;2H,1H3. The minimum Gasteiger partial charge on any atom is -0.400 e. The van der Waals surface area contributed by atoms with Crippen LogP contribution < -0.4 is 0 Å². The summed E-state index contributed by atoms with van der Waals surface area (Å²) in [5.41, 5.74) is 0. The lowest BCUT2D eigenvalue weighted by Gasteiger charge is -2.05. The molecule has 3 nitrogen and oxygen atoms in total. The van der Waals surface area contributed by atoms with E-state index in [0.717, 1.165) is 26.4 Å². The Balaban J connectivity index is 0. The fraction of sp³-hybridized carbons (Fsp3) is 1.00. The molecule has 0 saturated heterocycles. The number of aliphatic hydroxyl groups is 3. The first kappa shape index (κ1) is 18.3. The SMILES string of the molecule is C1CCCCC1.CCCCCC(O)O.CO. The highest BCUT2D eigenvalue weighted by Gasteiger charge is 1.95. The second kappa shape index (κ2) is 17.3. The topological polar surface area (TPSA) is 60.7 Å². The molecule has 16 heavy (non-hydrogen) atoms. The fourth-order valence-electron chi connectivity index (χ4n) is 1.64. The number of hydrogen-bond donors (Lipinski definition) is 3. The molecule has 0 heterocycles. The van der Waals surface area contributed by atoms with Crippen molar-refractivity contribution in [3.8, 4) is 0 Å². The summed E-state index contributed by atoms with van der Waals surface area (Å²) < 4.78 is 0. The Morgan fingerprint density at radius 2 is 1.19 bits per heavy atom. The molecule has 0 unspecified atom stereocenters. The molecule has 0 atom stereocenters. The zero-order valence-electron chi connectivity index (χ0n) is 11.0. The molecule has 1 fully saturated rings. The van der Waals surface area contributed by atoms with E-state index in [1.165, 1.54) is 38.5 Å². The van der Waals surface area contributed by atoms with Crippen LogP contribution in [0, 0.1) is 0 Å². The lowest BCUT2D eigenvalue weighted by molar-refractivity contribution is -0.0465. The molecule has 1 aliphatic carbocycles. The van der Waals surface area contributed by atoms with Crippen LogP contribution in [0.2, 0.25) is 0 Å². The normalized spacial score (nSPS) is 14.6. The van der Waals surface area contributed by atoms with Gasteiger partial charge < -0.3 is 15.3 Å². The molecule has 0 spiro atoms. The maximum absolute atomic E-state index is 8.33. The molecule has 0 radical (unpaired) electrons. The summed E-state index contributed by atoms with van der Waals surface area (Å²) in [5, 5.41) is 23.7. The van der Waals surface area contributed by atoms with Crippen LogP contribution >= 0.6 is 0 Å². The number of unbranched alkanes of at least 4 members (excludes halogenated alkanes) is 2. The van der Waals surface area contributed by atoms with Crippen LogP contribution in [-0.2, 0) is 0 Å². The minimum absolute atomic E-state index is 0.522. The van der Waals surface area contributed by atoms with E-state index in [1.807, 2.05) is 0 Å². The Morgan fingerprint density at radius 3 is 1.44 bits per heavy atom. The Kier molecular flexibility index (Phi) is 19.7. The van der Waals surface area contributed by atoms with Gasteiger partial charge in [0.25, 0.3) is 0 Å². The molecule has 0 bridgehead atoms. The summed E-state index contributed by atoms with van der Waals surface area (Å²) >= 11 is 0. The van der Waals surface area contributed by atoms with E-state index in [0.29, 0.717) is 6.42 Å². The van der Waals surface area contributed by atoms with Gasteiger partial charge in [-0.2, -0.15) is 0 Å². The quantitative estimate of drug-likeness (QED) is 0.518. The molecule has 0 amide bonds. The summed E-state index contributed by atoms with van der Waals surface area (Å²) in [5.74, 6) is 0. The molecular formula is C13H30O3. The van der Waals surface area contributed by atoms with Crippen LogP contribution in [0.1, 0.15) is 71.1 Å².